The Morgan fingerprint density at radius 3 is 2.89 bits per heavy atom. The van der Waals surface area contributed by atoms with E-state index in [-0.39, 0.29) is 11.0 Å². The summed E-state index contributed by atoms with van der Waals surface area (Å²) in [6.07, 6.45) is 1.15. The van der Waals surface area contributed by atoms with Crippen molar-refractivity contribution in [1.29, 1.82) is 5.26 Å². The number of aliphatic hydroxyl groups is 1. The van der Waals surface area contributed by atoms with Crippen LogP contribution in [-0.4, -0.2) is 9.53 Å². The van der Waals surface area contributed by atoms with Gasteiger partial charge in [0.25, 0.3) is 0 Å². The molecule has 0 spiro atoms. The highest BCUT2D eigenvalue weighted by atomic mass is 127. The Morgan fingerprint density at radius 1 is 1.56 bits per heavy atom. The molecule has 0 aliphatic carbocycles. The van der Waals surface area contributed by atoms with Crippen molar-refractivity contribution in [3.05, 3.63) is 45.8 Å². The molecule has 0 fully saturated rings. The molecule has 1 aromatic carbocycles. The molecule has 0 saturated heterocycles. The Morgan fingerprint density at radius 2 is 2.28 bits per heavy atom. The minimum Gasteiger partial charge on any atom is -0.463 e. The average Bonchev–Trinajstić information content (AvgIpc) is 2.39. The third-order valence-corrected chi connectivity index (χ3v) is 4.26. The molecule has 1 N–H and O–H groups in total. The molecule has 2 rings (SSSR count). The molecule has 18 heavy (non-hydrogen) atoms. The first-order valence-corrected chi connectivity index (χ1v) is 6.76. The van der Waals surface area contributed by atoms with Crippen molar-refractivity contribution in [1.82, 2.24) is 0 Å². The van der Waals surface area contributed by atoms with E-state index in [1.807, 2.05) is 0 Å². The van der Waals surface area contributed by atoms with E-state index in [0.717, 1.165) is 6.26 Å². The summed E-state index contributed by atoms with van der Waals surface area (Å²) >= 11 is 2.08. The molecule has 1 heterocycles. The summed E-state index contributed by atoms with van der Waals surface area (Å²) in [7, 11) is 0. The second kappa shape index (κ2) is 4.71. The van der Waals surface area contributed by atoms with Crippen molar-refractivity contribution in [3.63, 3.8) is 0 Å². The molecule has 1 unspecified atom stereocenters. The highest BCUT2D eigenvalue weighted by molar-refractivity contribution is 14.1. The molecule has 1 aromatic heterocycles. The quantitative estimate of drug-likeness (QED) is 0.663. The van der Waals surface area contributed by atoms with Crippen LogP contribution in [0.25, 0.3) is 11.0 Å². The van der Waals surface area contributed by atoms with Crippen molar-refractivity contribution in [2.75, 3.05) is 4.43 Å². The van der Waals surface area contributed by atoms with Gasteiger partial charge in [0.15, 0.2) is 0 Å². The smallest absolute Gasteiger partial charge is 0.210 e. The SMILES string of the molecule is CC(O)(CI)c1ccc2occ(C#N)c(=O)c2c1. The van der Waals surface area contributed by atoms with E-state index in [9.17, 15) is 9.90 Å². The molecule has 5 heteroatoms. The summed E-state index contributed by atoms with van der Waals surface area (Å²) < 4.78 is 5.71. The molecule has 0 aliphatic heterocycles. The number of hydrogen-bond acceptors (Lipinski definition) is 4. The van der Waals surface area contributed by atoms with Gasteiger partial charge in [-0.05, 0) is 24.6 Å². The van der Waals surface area contributed by atoms with Crippen LogP contribution in [0, 0.1) is 11.3 Å². The Balaban J connectivity index is 2.75. The highest BCUT2D eigenvalue weighted by Crippen LogP contribution is 2.25. The largest absolute Gasteiger partial charge is 0.463 e. The van der Waals surface area contributed by atoms with Crippen LogP contribution < -0.4 is 5.43 Å². The number of fused-ring (bicyclic) bond motifs is 1. The monoisotopic (exact) mass is 355 g/mol. The van der Waals surface area contributed by atoms with Crippen molar-refractivity contribution < 1.29 is 9.52 Å². The van der Waals surface area contributed by atoms with E-state index in [1.165, 1.54) is 0 Å². The van der Waals surface area contributed by atoms with Gasteiger partial charge in [-0.1, -0.05) is 28.7 Å². The van der Waals surface area contributed by atoms with Gasteiger partial charge in [0.05, 0.1) is 11.0 Å². The first-order chi connectivity index (χ1) is 8.49. The van der Waals surface area contributed by atoms with Crippen LogP contribution in [0.1, 0.15) is 18.1 Å². The van der Waals surface area contributed by atoms with E-state index in [4.69, 9.17) is 9.68 Å². The second-order valence-electron chi connectivity index (χ2n) is 4.21. The lowest BCUT2D eigenvalue weighted by Gasteiger charge is -2.20. The van der Waals surface area contributed by atoms with E-state index in [1.54, 1.807) is 31.2 Å². The molecule has 0 amide bonds. The highest BCUT2D eigenvalue weighted by Gasteiger charge is 2.22. The molecule has 4 nitrogen and oxygen atoms in total. The predicted octanol–water partition coefficient (Wildman–Crippen LogP) is 2.31. The molecule has 1 atom stereocenters. The van der Waals surface area contributed by atoms with Crippen LogP contribution in [0.5, 0.6) is 0 Å². The van der Waals surface area contributed by atoms with E-state index >= 15 is 0 Å². The van der Waals surface area contributed by atoms with Crippen LogP contribution in [0.3, 0.4) is 0 Å². The number of hydrogen-bond donors (Lipinski definition) is 1. The van der Waals surface area contributed by atoms with Crippen LogP contribution in [0.2, 0.25) is 0 Å². The van der Waals surface area contributed by atoms with Crippen molar-refractivity contribution in [2.45, 2.75) is 12.5 Å². The Labute approximate surface area is 117 Å². The average molecular weight is 355 g/mol. The number of benzene rings is 1. The number of alkyl halides is 1. The molecule has 92 valence electrons. The molecule has 2 aromatic rings. The first kappa shape index (κ1) is 13.1. The minimum atomic E-state index is -1.01. The summed E-state index contributed by atoms with van der Waals surface area (Å²) in [5.74, 6) is 0. The lowest BCUT2D eigenvalue weighted by molar-refractivity contribution is 0.0873. The fraction of sp³-hybridized carbons (Fsp3) is 0.231. The van der Waals surface area contributed by atoms with Crippen molar-refractivity contribution in [2.24, 2.45) is 0 Å². The fourth-order valence-corrected chi connectivity index (χ4v) is 2.06. The zero-order valence-corrected chi connectivity index (χ0v) is 11.8. The van der Waals surface area contributed by atoms with Gasteiger partial charge in [-0.3, -0.25) is 4.79 Å². The molecule has 0 saturated carbocycles. The summed E-state index contributed by atoms with van der Waals surface area (Å²) in [4.78, 5) is 12.0. The Kier molecular flexibility index (Phi) is 3.41. The van der Waals surface area contributed by atoms with Gasteiger partial charge in [0, 0.05) is 4.43 Å². The number of rotatable bonds is 2. The lowest BCUT2D eigenvalue weighted by atomic mass is 9.97. The summed E-state index contributed by atoms with van der Waals surface area (Å²) in [5.41, 5.74) is -0.374. The minimum absolute atomic E-state index is 0.0335. The van der Waals surface area contributed by atoms with Crippen LogP contribution >= 0.6 is 22.6 Å². The zero-order valence-electron chi connectivity index (χ0n) is 9.61. The fourth-order valence-electron chi connectivity index (χ4n) is 1.62. The first-order valence-electron chi connectivity index (χ1n) is 5.24. The van der Waals surface area contributed by atoms with Gasteiger partial charge in [0.2, 0.25) is 5.43 Å². The molecule has 0 bridgehead atoms. The Bertz CT molecular complexity index is 697. The van der Waals surface area contributed by atoms with Gasteiger partial charge in [-0.2, -0.15) is 5.26 Å². The third kappa shape index (κ3) is 2.13. The van der Waals surface area contributed by atoms with Gasteiger partial charge in [-0.25, -0.2) is 0 Å². The van der Waals surface area contributed by atoms with Gasteiger partial charge in [0.1, 0.15) is 23.5 Å². The van der Waals surface area contributed by atoms with Gasteiger partial charge in [-0.15, -0.1) is 0 Å². The van der Waals surface area contributed by atoms with Crippen LogP contribution in [0.4, 0.5) is 0 Å². The number of halogens is 1. The maximum absolute atomic E-state index is 12.0. The van der Waals surface area contributed by atoms with E-state index in [2.05, 4.69) is 22.6 Å². The second-order valence-corrected chi connectivity index (χ2v) is 4.97. The maximum Gasteiger partial charge on any atom is 0.210 e. The van der Waals surface area contributed by atoms with Crippen molar-refractivity contribution in [3.8, 4) is 6.07 Å². The normalized spacial score (nSPS) is 14.1. The number of nitrogens with zero attached hydrogens (tertiary/aromatic N) is 1. The molecule has 0 aliphatic rings. The molecule has 0 radical (unpaired) electrons. The van der Waals surface area contributed by atoms with E-state index in [0.29, 0.717) is 21.0 Å². The van der Waals surface area contributed by atoms with E-state index < -0.39 is 5.60 Å². The summed E-state index contributed by atoms with van der Waals surface area (Å²) in [5, 5.41) is 19.3. The summed E-state index contributed by atoms with van der Waals surface area (Å²) in [6, 6.07) is 6.72. The number of nitriles is 1. The Hall–Kier alpha value is -1.39. The molecular weight excluding hydrogens is 345 g/mol. The van der Waals surface area contributed by atoms with Gasteiger partial charge >= 0.3 is 0 Å². The predicted molar refractivity (Wildman–Crippen MR) is 75.7 cm³/mol. The third-order valence-electron chi connectivity index (χ3n) is 2.78. The molecular formula is C13H10INO3. The summed E-state index contributed by atoms with van der Waals surface area (Å²) in [6.45, 7) is 1.68. The standard InChI is InChI=1S/C13H10INO3/c1-13(17,7-14)9-2-3-11-10(4-9)12(16)8(5-15)6-18-11/h2-4,6,17H,7H2,1H3. The zero-order chi connectivity index (χ0) is 13.3. The topological polar surface area (TPSA) is 74.2 Å². The maximum atomic E-state index is 12.0. The van der Waals surface area contributed by atoms with Crippen LogP contribution in [0.15, 0.2) is 33.7 Å². The van der Waals surface area contributed by atoms with Gasteiger partial charge < -0.3 is 9.52 Å². The lowest BCUT2D eigenvalue weighted by Crippen LogP contribution is -2.23. The van der Waals surface area contributed by atoms with Crippen LogP contribution in [-0.2, 0) is 5.60 Å². The van der Waals surface area contributed by atoms with Crippen molar-refractivity contribution >= 4 is 33.6 Å².